The summed E-state index contributed by atoms with van der Waals surface area (Å²) >= 11 is 1.39. The van der Waals surface area contributed by atoms with Crippen LogP contribution in [-0.4, -0.2) is 23.3 Å². The molecule has 2 amide bonds. The van der Waals surface area contributed by atoms with Gasteiger partial charge in [0, 0.05) is 16.6 Å². The van der Waals surface area contributed by atoms with Crippen LogP contribution in [0.15, 0.2) is 71.7 Å². The summed E-state index contributed by atoms with van der Waals surface area (Å²) in [4.78, 5) is 28.2. The van der Waals surface area contributed by atoms with Gasteiger partial charge in [-0.25, -0.2) is 4.39 Å². The second-order valence-corrected chi connectivity index (χ2v) is 7.58. The molecule has 7 heteroatoms. The second-order valence-electron chi connectivity index (χ2n) is 6.64. The monoisotopic (exact) mass is 422 g/mol. The summed E-state index contributed by atoms with van der Waals surface area (Å²) in [5.74, 6) is -0.503. The fourth-order valence-electron chi connectivity index (χ4n) is 3.23. The van der Waals surface area contributed by atoms with E-state index in [-0.39, 0.29) is 24.0 Å². The average molecular weight is 422 g/mol. The van der Waals surface area contributed by atoms with Crippen molar-refractivity contribution in [2.75, 3.05) is 11.9 Å². The molecule has 0 saturated carbocycles. The lowest BCUT2D eigenvalue weighted by Gasteiger charge is -2.15. The van der Waals surface area contributed by atoms with Crippen LogP contribution in [0.2, 0.25) is 0 Å². The van der Waals surface area contributed by atoms with Gasteiger partial charge in [-0.05, 0) is 48.2 Å². The van der Waals surface area contributed by atoms with Crippen LogP contribution in [0.1, 0.15) is 17.4 Å². The van der Waals surface area contributed by atoms with Crippen LogP contribution in [0.25, 0.3) is 5.57 Å². The Hall–Kier alpha value is -3.45. The van der Waals surface area contributed by atoms with Gasteiger partial charge in [-0.15, -0.1) is 11.3 Å². The third kappa shape index (κ3) is 3.97. The Kier molecular flexibility index (Phi) is 5.63. The summed E-state index contributed by atoms with van der Waals surface area (Å²) in [6, 6.07) is 16.6. The first-order valence-corrected chi connectivity index (χ1v) is 10.3. The Balaban J connectivity index is 1.67. The number of nitrogens with zero attached hydrogens (tertiary/aromatic N) is 1. The standard InChI is InChI=1S/C23H19FN2O3S/c1-2-29-18-6-3-5-17(13-18)25-21-20(19-7-4-12-30-19)22(27)26(23(21)28)14-15-8-10-16(24)11-9-15/h3-13,25H,2,14H2,1H3. The highest BCUT2D eigenvalue weighted by atomic mass is 32.1. The number of imide groups is 1. The van der Waals surface area contributed by atoms with Gasteiger partial charge in [-0.1, -0.05) is 24.3 Å². The molecule has 1 aromatic heterocycles. The minimum atomic E-state index is -0.422. The normalized spacial score (nSPS) is 13.9. The molecule has 4 rings (SSSR count). The first-order chi connectivity index (χ1) is 14.6. The quantitative estimate of drug-likeness (QED) is 0.562. The van der Waals surface area contributed by atoms with Gasteiger partial charge in [-0.3, -0.25) is 14.5 Å². The number of hydrogen-bond acceptors (Lipinski definition) is 5. The number of carbonyl (C=O) groups is 2. The summed E-state index contributed by atoms with van der Waals surface area (Å²) in [6.45, 7) is 2.48. The lowest BCUT2D eigenvalue weighted by Crippen LogP contribution is -2.31. The Bertz CT molecular complexity index is 1110. The van der Waals surface area contributed by atoms with E-state index in [0.29, 0.717) is 34.1 Å². The molecular weight excluding hydrogens is 403 g/mol. The number of rotatable bonds is 7. The van der Waals surface area contributed by atoms with E-state index in [2.05, 4.69) is 5.32 Å². The molecule has 30 heavy (non-hydrogen) atoms. The molecular formula is C23H19FN2O3S. The molecule has 0 atom stereocenters. The first-order valence-electron chi connectivity index (χ1n) is 9.45. The summed E-state index contributed by atoms with van der Waals surface area (Å²) in [5, 5.41) is 4.97. The van der Waals surface area contributed by atoms with Gasteiger partial charge >= 0.3 is 0 Å². The highest BCUT2D eigenvalue weighted by Gasteiger charge is 2.39. The van der Waals surface area contributed by atoms with E-state index in [9.17, 15) is 14.0 Å². The molecule has 0 spiro atoms. The topological polar surface area (TPSA) is 58.6 Å². The van der Waals surface area contributed by atoms with E-state index in [4.69, 9.17) is 4.74 Å². The summed E-state index contributed by atoms with van der Waals surface area (Å²) in [5.41, 5.74) is 1.87. The van der Waals surface area contributed by atoms with Crippen LogP contribution >= 0.6 is 11.3 Å². The van der Waals surface area contributed by atoms with Gasteiger partial charge < -0.3 is 10.1 Å². The largest absolute Gasteiger partial charge is 0.494 e. The van der Waals surface area contributed by atoms with E-state index in [0.717, 1.165) is 0 Å². The van der Waals surface area contributed by atoms with Crippen LogP contribution in [0.4, 0.5) is 10.1 Å². The number of ether oxygens (including phenoxy) is 1. The lowest BCUT2D eigenvalue weighted by atomic mass is 10.1. The van der Waals surface area contributed by atoms with E-state index in [1.54, 1.807) is 18.2 Å². The molecule has 1 aliphatic heterocycles. The van der Waals surface area contributed by atoms with Crippen LogP contribution in [-0.2, 0) is 16.1 Å². The first kappa shape index (κ1) is 19.8. The highest BCUT2D eigenvalue weighted by molar-refractivity contribution is 7.11. The fraction of sp³-hybridized carbons (Fsp3) is 0.130. The van der Waals surface area contributed by atoms with Crippen LogP contribution in [0, 0.1) is 5.82 Å². The maximum atomic E-state index is 13.2. The van der Waals surface area contributed by atoms with Crippen molar-refractivity contribution in [3.05, 3.63) is 88.0 Å². The Morgan fingerprint density at radius 1 is 1.03 bits per heavy atom. The fourth-order valence-corrected chi connectivity index (χ4v) is 4.00. The molecule has 1 aliphatic rings. The number of halogens is 1. The second kappa shape index (κ2) is 8.51. The van der Waals surface area contributed by atoms with Gasteiger partial charge in [0.2, 0.25) is 0 Å². The number of hydrogen-bond donors (Lipinski definition) is 1. The minimum absolute atomic E-state index is 0.0665. The van der Waals surface area contributed by atoms with E-state index in [1.165, 1.54) is 28.4 Å². The number of anilines is 1. The van der Waals surface area contributed by atoms with Crippen molar-refractivity contribution in [3.8, 4) is 5.75 Å². The van der Waals surface area contributed by atoms with Gasteiger partial charge in [0.05, 0.1) is 18.7 Å². The van der Waals surface area contributed by atoms with Crippen molar-refractivity contribution in [1.82, 2.24) is 4.90 Å². The van der Waals surface area contributed by atoms with Crippen molar-refractivity contribution in [1.29, 1.82) is 0 Å². The molecule has 152 valence electrons. The predicted octanol–water partition coefficient (Wildman–Crippen LogP) is 4.68. The van der Waals surface area contributed by atoms with Crippen molar-refractivity contribution in [3.63, 3.8) is 0 Å². The zero-order valence-corrected chi connectivity index (χ0v) is 17.0. The zero-order valence-electron chi connectivity index (χ0n) is 16.2. The third-order valence-corrected chi connectivity index (χ3v) is 5.49. The van der Waals surface area contributed by atoms with Gasteiger partial charge in [0.25, 0.3) is 11.8 Å². The molecule has 5 nitrogen and oxygen atoms in total. The SMILES string of the molecule is CCOc1cccc(NC2=C(c3cccs3)C(=O)N(Cc3ccc(F)cc3)C2=O)c1. The van der Waals surface area contributed by atoms with E-state index in [1.807, 2.05) is 42.6 Å². The van der Waals surface area contributed by atoms with Crippen LogP contribution in [0.3, 0.4) is 0 Å². The van der Waals surface area contributed by atoms with Crippen molar-refractivity contribution in [2.45, 2.75) is 13.5 Å². The summed E-state index contributed by atoms with van der Waals surface area (Å²) in [6.07, 6.45) is 0. The number of carbonyl (C=O) groups excluding carboxylic acids is 2. The molecule has 0 unspecified atom stereocenters. The summed E-state index contributed by atoms with van der Waals surface area (Å²) < 4.78 is 18.7. The Morgan fingerprint density at radius 3 is 2.53 bits per heavy atom. The van der Waals surface area contributed by atoms with Gasteiger partial charge in [-0.2, -0.15) is 0 Å². The lowest BCUT2D eigenvalue weighted by molar-refractivity contribution is -0.137. The number of amides is 2. The maximum absolute atomic E-state index is 13.2. The average Bonchev–Trinajstić information content (AvgIpc) is 3.33. The van der Waals surface area contributed by atoms with Gasteiger partial charge in [0.1, 0.15) is 17.3 Å². The van der Waals surface area contributed by atoms with E-state index >= 15 is 0 Å². The summed E-state index contributed by atoms with van der Waals surface area (Å²) in [7, 11) is 0. The maximum Gasteiger partial charge on any atom is 0.278 e. The minimum Gasteiger partial charge on any atom is -0.494 e. The van der Waals surface area contributed by atoms with Crippen LogP contribution in [0.5, 0.6) is 5.75 Å². The number of thiophene rings is 1. The zero-order chi connectivity index (χ0) is 21.1. The smallest absolute Gasteiger partial charge is 0.278 e. The van der Waals surface area contributed by atoms with Crippen molar-refractivity contribution in [2.24, 2.45) is 0 Å². The van der Waals surface area contributed by atoms with Crippen molar-refractivity contribution < 1.29 is 18.7 Å². The molecule has 0 saturated heterocycles. The molecule has 0 fully saturated rings. The Morgan fingerprint density at radius 2 is 1.83 bits per heavy atom. The predicted molar refractivity (Wildman–Crippen MR) is 114 cm³/mol. The van der Waals surface area contributed by atoms with E-state index < -0.39 is 5.91 Å². The molecule has 1 N–H and O–H groups in total. The Labute approximate surface area is 177 Å². The molecule has 0 aliphatic carbocycles. The van der Waals surface area contributed by atoms with Crippen LogP contribution < -0.4 is 10.1 Å². The molecule has 2 heterocycles. The molecule has 2 aromatic carbocycles. The van der Waals surface area contributed by atoms with Crippen molar-refractivity contribution >= 4 is 34.4 Å². The number of nitrogens with one attached hydrogen (secondary N) is 1. The third-order valence-electron chi connectivity index (χ3n) is 4.60. The molecule has 0 bridgehead atoms. The molecule has 0 radical (unpaired) electrons. The van der Waals surface area contributed by atoms with Gasteiger partial charge in [0.15, 0.2) is 0 Å². The number of benzene rings is 2. The highest BCUT2D eigenvalue weighted by Crippen LogP contribution is 2.34. The molecule has 3 aromatic rings.